The zero-order chi connectivity index (χ0) is 19.8. The quantitative estimate of drug-likeness (QED) is 0.678. The lowest BCUT2D eigenvalue weighted by molar-refractivity contribution is 0.201. The average Bonchev–Trinajstić information content (AvgIpc) is 3.50. The monoisotopic (exact) mass is 393 g/mol. The maximum Gasteiger partial charge on any atom is 0.154 e. The molecule has 5 rings (SSSR count). The highest BCUT2D eigenvalue weighted by Gasteiger charge is 2.25. The lowest BCUT2D eigenvalue weighted by Gasteiger charge is -2.32. The minimum atomic E-state index is -0.107. The number of nitrogens with zero attached hydrogens (tertiary/aromatic N) is 4. The molecule has 1 saturated heterocycles. The summed E-state index contributed by atoms with van der Waals surface area (Å²) in [5.41, 5.74) is 4.05. The number of pyridine rings is 1. The van der Waals surface area contributed by atoms with E-state index in [0.29, 0.717) is 12.5 Å². The number of piperidine rings is 1. The zero-order valence-electron chi connectivity index (χ0n) is 16.9. The number of aromatic nitrogens is 3. The van der Waals surface area contributed by atoms with Crippen LogP contribution in [-0.4, -0.2) is 39.1 Å². The van der Waals surface area contributed by atoms with E-state index in [2.05, 4.69) is 25.8 Å². The predicted octanol–water partition coefficient (Wildman–Crippen LogP) is 4.31. The number of halogens is 1. The van der Waals surface area contributed by atoms with Gasteiger partial charge in [0.1, 0.15) is 11.3 Å². The van der Waals surface area contributed by atoms with Crippen LogP contribution in [0.1, 0.15) is 42.9 Å². The summed E-state index contributed by atoms with van der Waals surface area (Å²) in [5, 5.41) is 3.55. The van der Waals surface area contributed by atoms with Crippen molar-refractivity contribution in [3.05, 3.63) is 53.7 Å². The van der Waals surface area contributed by atoms with Crippen molar-refractivity contribution < 1.29 is 4.39 Å². The first kappa shape index (κ1) is 18.6. The van der Waals surface area contributed by atoms with E-state index in [1.54, 1.807) is 12.1 Å². The Labute approximate surface area is 171 Å². The molecule has 2 fully saturated rings. The topological polar surface area (TPSA) is 46.0 Å². The van der Waals surface area contributed by atoms with E-state index in [0.717, 1.165) is 66.5 Å². The van der Waals surface area contributed by atoms with Gasteiger partial charge in [-0.15, -0.1) is 0 Å². The molecule has 0 spiro atoms. The molecule has 6 heteroatoms. The fourth-order valence-electron chi connectivity index (χ4n) is 4.30. The number of imidazole rings is 1. The minimum absolute atomic E-state index is 0.107. The molecular formula is C23H28FN5. The third-order valence-corrected chi connectivity index (χ3v) is 6.35. The van der Waals surface area contributed by atoms with Crippen LogP contribution in [0, 0.1) is 11.7 Å². The molecule has 0 radical (unpaired) electrons. The van der Waals surface area contributed by atoms with Gasteiger partial charge in [0.2, 0.25) is 0 Å². The number of aryl methyl sites for hydroxylation is 1. The summed E-state index contributed by atoms with van der Waals surface area (Å²) in [5.74, 6) is 2.05. The van der Waals surface area contributed by atoms with Crippen molar-refractivity contribution in [2.45, 2.75) is 38.1 Å². The van der Waals surface area contributed by atoms with E-state index in [-0.39, 0.29) is 5.82 Å². The Morgan fingerprint density at radius 3 is 2.69 bits per heavy atom. The third kappa shape index (κ3) is 3.99. The minimum Gasteiger partial charge on any atom is -0.368 e. The summed E-state index contributed by atoms with van der Waals surface area (Å²) < 4.78 is 16.0. The van der Waals surface area contributed by atoms with Crippen molar-refractivity contribution in [2.24, 2.45) is 13.0 Å². The summed E-state index contributed by atoms with van der Waals surface area (Å²) >= 11 is 0. The van der Waals surface area contributed by atoms with Crippen LogP contribution in [0.15, 0.2) is 36.7 Å². The van der Waals surface area contributed by atoms with Gasteiger partial charge in [0.15, 0.2) is 5.82 Å². The Bertz CT molecular complexity index is 1000. The highest BCUT2D eigenvalue weighted by atomic mass is 19.1. The molecule has 152 valence electrons. The molecule has 2 aromatic heterocycles. The Morgan fingerprint density at radius 2 is 1.93 bits per heavy atom. The highest BCUT2D eigenvalue weighted by molar-refractivity contribution is 5.86. The van der Waals surface area contributed by atoms with E-state index in [4.69, 9.17) is 4.98 Å². The van der Waals surface area contributed by atoms with Crippen molar-refractivity contribution in [1.29, 1.82) is 0 Å². The summed E-state index contributed by atoms with van der Waals surface area (Å²) in [6.07, 6.45) is 6.60. The molecule has 29 heavy (non-hydrogen) atoms. The standard InChI is InChI=1S/C23H28FN5/c1-28-15-26-22-21(28)12-20(27-23(22)25-13-16-6-7-16)17-8-10-29(11-9-17)14-18-4-2-3-5-19(18)24/h2-5,12,15-17H,6-11,13-14H2,1H3,(H,25,27). The normalized spacial score (nSPS) is 18.4. The molecule has 0 amide bonds. The summed E-state index contributed by atoms with van der Waals surface area (Å²) in [7, 11) is 2.04. The number of fused-ring (bicyclic) bond motifs is 1. The number of benzene rings is 1. The van der Waals surface area contributed by atoms with Gasteiger partial charge in [0, 0.05) is 37.3 Å². The van der Waals surface area contributed by atoms with Gasteiger partial charge in [-0.3, -0.25) is 4.90 Å². The van der Waals surface area contributed by atoms with Crippen molar-refractivity contribution in [3.8, 4) is 0 Å². The van der Waals surface area contributed by atoms with Crippen LogP contribution >= 0.6 is 0 Å². The maximum atomic E-state index is 14.0. The Hall–Kier alpha value is -2.47. The second kappa shape index (κ2) is 7.75. The molecule has 2 aliphatic rings. The van der Waals surface area contributed by atoms with Gasteiger partial charge in [0.25, 0.3) is 0 Å². The maximum absolute atomic E-state index is 14.0. The van der Waals surface area contributed by atoms with Crippen LogP contribution in [0.4, 0.5) is 10.2 Å². The summed E-state index contributed by atoms with van der Waals surface area (Å²) in [4.78, 5) is 11.9. The molecule has 1 saturated carbocycles. The van der Waals surface area contributed by atoms with Crippen molar-refractivity contribution in [1.82, 2.24) is 19.4 Å². The first-order chi connectivity index (χ1) is 14.2. The van der Waals surface area contributed by atoms with Crippen LogP contribution in [0.5, 0.6) is 0 Å². The fraction of sp³-hybridized carbons (Fsp3) is 0.478. The smallest absolute Gasteiger partial charge is 0.154 e. The van der Waals surface area contributed by atoms with Crippen molar-refractivity contribution >= 4 is 16.9 Å². The second-order valence-electron chi connectivity index (χ2n) is 8.59. The largest absolute Gasteiger partial charge is 0.368 e. The van der Waals surface area contributed by atoms with Gasteiger partial charge in [-0.25, -0.2) is 14.4 Å². The predicted molar refractivity (Wildman–Crippen MR) is 113 cm³/mol. The van der Waals surface area contributed by atoms with Crippen LogP contribution < -0.4 is 5.32 Å². The number of hydrogen-bond acceptors (Lipinski definition) is 4. The molecule has 3 heterocycles. The van der Waals surface area contributed by atoms with Crippen LogP contribution in [0.3, 0.4) is 0 Å². The number of rotatable bonds is 6. The number of hydrogen-bond donors (Lipinski definition) is 1. The van der Waals surface area contributed by atoms with E-state index in [1.807, 2.05) is 25.5 Å². The third-order valence-electron chi connectivity index (χ3n) is 6.35. The summed E-state index contributed by atoms with van der Waals surface area (Å²) in [6, 6.07) is 9.30. The Kier molecular flexibility index (Phi) is 4.96. The van der Waals surface area contributed by atoms with Crippen molar-refractivity contribution in [2.75, 3.05) is 25.0 Å². The number of nitrogens with one attached hydrogen (secondary N) is 1. The van der Waals surface area contributed by atoms with Gasteiger partial charge in [-0.1, -0.05) is 18.2 Å². The second-order valence-corrected chi connectivity index (χ2v) is 8.59. The molecular weight excluding hydrogens is 365 g/mol. The van der Waals surface area contributed by atoms with Crippen molar-refractivity contribution in [3.63, 3.8) is 0 Å². The van der Waals surface area contributed by atoms with E-state index in [9.17, 15) is 4.39 Å². The van der Waals surface area contributed by atoms with Crippen LogP contribution in [0.25, 0.3) is 11.0 Å². The molecule has 1 aliphatic carbocycles. The van der Waals surface area contributed by atoms with Gasteiger partial charge >= 0.3 is 0 Å². The van der Waals surface area contributed by atoms with E-state index < -0.39 is 0 Å². The molecule has 1 N–H and O–H groups in total. The lowest BCUT2D eigenvalue weighted by Crippen LogP contribution is -2.33. The van der Waals surface area contributed by atoms with E-state index >= 15 is 0 Å². The fourth-order valence-corrected chi connectivity index (χ4v) is 4.30. The molecule has 1 aliphatic heterocycles. The Morgan fingerprint density at radius 1 is 1.14 bits per heavy atom. The van der Waals surface area contributed by atoms with Gasteiger partial charge in [-0.05, 0) is 56.8 Å². The molecule has 1 aromatic carbocycles. The first-order valence-electron chi connectivity index (χ1n) is 10.7. The van der Waals surface area contributed by atoms with Gasteiger partial charge in [0.05, 0.1) is 11.8 Å². The number of anilines is 1. The van der Waals surface area contributed by atoms with Gasteiger partial charge in [-0.2, -0.15) is 0 Å². The van der Waals surface area contributed by atoms with Crippen LogP contribution in [0.2, 0.25) is 0 Å². The summed E-state index contributed by atoms with van der Waals surface area (Å²) in [6.45, 7) is 3.61. The van der Waals surface area contributed by atoms with E-state index in [1.165, 1.54) is 12.8 Å². The average molecular weight is 394 g/mol. The first-order valence-corrected chi connectivity index (χ1v) is 10.7. The number of likely N-dealkylation sites (tertiary alicyclic amines) is 1. The van der Waals surface area contributed by atoms with Crippen LogP contribution in [-0.2, 0) is 13.6 Å². The molecule has 0 bridgehead atoms. The highest BCUT2D eigenvalue weighted by Crippen LogP contribution is 2.33. The SMILES string of the molecule is Cn1cnc2c(NCC3CC3)nc(C3CCN(Cc4ccccc4F)CC3)cc21. The molecule has 3 aromatic rings. The lowest BCUT2D eigenvalue weighted by atomic mass is 9.92. The molecule has 0 atom stereocenters. The Balaban J connectivity index is 1.31. The van der Waals surface area contributed by atoms with Gasteiger partial charge < -0.3 is 9.88 Å². The zero-order valence-corrected chi connectivity index (χ0v) is 16.9. The molecule has 0 unspecified atom stereocenters. The molecule has 5 nitrogen and oxygen atoms in total.